The lowest BCUT2D eigenvalue weighted by atomic mass is 10.1. The maximum Gasteiger partial charge on any atom is 0.191 e. The largest absolute Gasteiger partial charge is 0.306 e. The summed E-state index contributed by atoms with van der Waals surface area (Å²) in [5.41, 5.74) is 1.50. The van der Waals surface area contributed by atoms with Gasteiger partial charge in [-0.05, 0) is 43.3 Å². The first-order chi connectivity index (χ1) is 14.1. The van der Waals surface area contributed by atoms with Crippen LogP contribution in [0.5, 0.6) is 0 Å². The molecule has 2 heterocycles. The maximum atomic E-state index is 13.0. The van der Waals surface area contributed by atoms with Crippen LogP contribution in [0.1, 0.15) is 23.1 Å². The number of carbonyl (C=O) groups excluding carboxylic acids is 1. The van der Waals surface area contributed by atoms with Crippen molar-refractivity contribution in [3.05, 3.63) is 65.7 Å². The van der Waals surface area contributed by atoms with Crippen molar-refractivity contribution in [2.24, 2.45) is 0 Å². The zero-order valence-corrected chi connectivity index (χ0v) is 18.0. The number of halogens is 1. The molecule has 0 saturated carbocycles. The Bertz CT molecular complexity index is 1110. The second-order valence-electron chi connectivity index (χ2n) is 6.10. The average Bonchev–Trinajstić information content (AvgIpc) is 3.33. The zero-order chi connectivity index (χ0) is 20.2. The van der Waals surface area contributed by atoms with Crippen molar-refractivity contribution in [3.8, 4) is 0 Å². The number of fused-ring (bicyclic) bond motifs is 1. The lowest BCUT2D eigenvalue weighted by molar-refractivity contribution is 0.102. The van der Waals surface area contributed by atoms with Crippen LogP contribution in [0.25, 0.3) is 10.2 Å². The SMILES string of the molecule is CCn1c(CSc2nc3ccccc3s2)nnc1SCC(=O)c1ccc(F)cc1. The van der Waals surface area contributed by atoms with Gasteiger partial charge in [-0.25, -0.2) is 9.37 Å². The van der Waals surface area contributed by atoms with Gasteiger partial charge in [-0.3, -0.25) is 4.79 Å². The van der Waals surface area contributed by atoms with Crippen molar-refractivity contribution in [2.75, 3.05) is 5.75 Å². The van der Waals surface area contributed by atoms with Crippen LogP contribution in [0, 0.1) is 5.82 Å². The fraction of sp³-hybridized carbons (Fsp3) is 0.200. The van der Waals surface area contributed by atoms with Gasteiger partial charge in [0.1, 0.15) is 11.6 Å². The highest BCUT2D eigenvalue weighted by Crippen LogP contribution is 2.31. The molecule has 5 nitrogen and oxygen atoms in total. The predicted octanol–water partition coefficient (Wildman–Crippen LogP) is 5.31. The molecule has 9 heteroatoms. The summed E-state index contributed by atoms with van der Waals surface area (Å²) in [7, 11) is 0. The normalized spacial score (nSPS) is 11.2. The quantitative estimate of drug-likeness (QED) is 0.271. The van der Waals surface area contributed by atoms with Crippen LogP contribution >= 0.6 is 34.9 Å². The van der Waals surface area contributed by atoms with E-state index in [2.05, 4.69) is 21.2 Å². The minimum Gasteiger partial charge on any atom is -0.306 e. The first kappa shape index (κ1) is 20.1. The average molecular weight is 445 g/mol. The second-order valence-corrected chi connectivity index (χ2v) is 9.29. The fourth-order valence-corrected chi connectivity index (χ4v) is 5.66. The number of Topliss-reactive ketones (excluding diaryl/α,β-unsaturated/α-hetero) is 1. The Morgan fingerprint density at radius 1 is 1.10 bits per heavy atom. The molecule has 0 unspecified atom stereocenters. The molecule has 0 fully saturated rings. The highest BCUT2D eigenvalue weighted by Gasteiger charge is 2.15. The van der Waals surface area contributed by atoms with Crippen LogP contribution < -0.4 is 0 Å². The Labute approximate surface area is 179 Å². The number of para-hydroxylation sites is 1. The van der Waals surface area contributed by atoms with E-state index in [4.69, 9.17) is 0 Å². The molecule has 0 bridgehead atoms. The zero-order valence-electron chi connectivity index (χ0n) is 15.5. The third-order valence-corrected chi connectivity index (χ3v) is 7.35. The number of thiazole rings is 1. The number of benzene rings is 2. The Kier molecular flexibility index (Phi) is 6.27. The van der Waals surface area contributed by atoms with E-state index in [1.807, 2.05) is 29.7 Å². The molecule has 0 aliphatic rings. The van der Waals surface area contributed by atoms with Crippen LogP contribution in [0.15, 0.2) is 58.0 Å². The first-order valence-electron chi connectivity index (χ1n) is 8.96. The van der Waals surface area contributed by atoms with Gasteiger partial charge in [0, 0.05) is 12.1 Å². The van der Waals surface area contributed by atoms with Crippen LogP contribution in [-0.4, -0.2) is 31.3 Å². The van der Waals surface area contributed by atoms with E-state index < -0.39 is 0 Å². The summed E-state index contributed by atoms with van der Waals surface area (Å²) in [5.74, 6) is 1.33. The monoisotopic (exact) mass is 444 g/mol. The maximum absolute atomic E-state index is 13.0. The van der Waals surface area contributed by atoms with Gasteiger partial charge in [0.2, 0.25) is 0 Å². The predicted molar refractivity (Wildman–Crippen MR) is 116 cm³/mol. The van der Waals surface area contributed by atoms with E-state index in [0.29, 0.717) is 16.5 Å². The highest BCUT2D eigenvalue weighted by molar-refractivity contribution is 8.00. The number of hydrogen-bond acceptors (Lipinski definition) is 7. The molecule has 148 valence electrons. The molecule has 0 radical (unpaired) electrons. The van der Waals surface area contributed by atoms with Gasteiger partial charge in [-0.1, -0.05) is 35.7 Å². The molecule has 2 aromatic carbocycles. The molecule has 0 amide bonds. The van der Waals surface area contributed by atoms with Crippen molar-refractivity contribution in [2.45, 2.75) is 28.7 Å². The molecule has 0 spiro atoms. The van der Waals surface area contributed by atoms with E-state index >= 15 is 0 Å². The molecule has 2 aromatic heterocycles. The van der Waals surface area contributed by atoms with E-state index in [9.17, 15) is 9.18 Å². The standard InChI is InChI=1S/C20H17FN4OS3/c1-2-25-18(12-28-20-22-15-5-3-4-6-17(15)29-20)23-24-19(25)27-11-16(26)13-7-9-14(21)10-8-13/h3-10H,2,11-12H2,1H3. The number of aromatic nitrogens is 4. The summed E-state index contributed by atoms with van der Waals surface area (Å²) in [6, 6.07) is 13.7. The van der Waals surface area contributed by atoms with E-state index in [0.717, 1.165) is 22.2 Å². The first-order valence-corrected chi connectivity index (χ1v) is 11.7. The lowest BCUT2D eigenvalue weighted by Gasteiger charge is -2.06. The van der Waals surface area contributed by atoms with Gasteiger partial charge in [0.15, 0.2) is 15.3 Å². The summed E-state index contributed by atoms with van der Waals surface area (Å²) in [4.78, 5) is 17.0. The molecule has 4 rings (SSSR count). The number of hydrogen-bond donors (Lipinski definition) is 0. The Morgan fingerprint density at radius 3 is 2.66 bits per heavy atom. The Balaban J connectivity index is 1.40. The van der Waals surface area contributed by atoms with Crippen molar-refractivity contribution < 1.29 is 9.18 Å². The molecule has 29 heavy (non-hydrogen) atoms. The molecular formula is C20H17FN4OS3. The number of carbonyl (C=O) groups is 1. The molecule has 4 aromatic rings. The highest BCUT2D eigenvalue weighted by atomic mass is 32.2. The van der Waals surface area contributed by atoms with Crippen LogP contribution in [0.3, 0.4) is 0 Å². The lowest BCUT2D eigenvalue weighted by Crippen LogP contribution is -2.06. The van der Waals surface area contributed by atoms with Crippen molar-refractivity contribution in [1.82, 2.24) is 19.7 Å². The number of nitrogens with zero attached hydrogens (tertiary/aromatic N) is 4. The minimum atomic E-state index is -0.352. The molecule has 0 aliphatic heterocycles. The number of rotatable bonds is 8. The van der Waals surface area contributed by atoms with Gasteiger partial charge >= 0.3 is 0 Å². The van der Waals surface area contributed by atoms with E-state index in [-0.39, 0.29) is 17.4 Å². The third kappa shape index (κ3) is 4.68. The van der Waals surface area contributed by atoms with Gasteiger partial charge < -0.3 is 4.57 Å². The molecule has 0 aliphatic carbocycles. The topological polar surface area (TPSA) is 60.7 Å². The van der Waals surface area contributed by atoms with Gasteiger partial charge in [-0.15, -0.1) is 21.5 Å². The van der Waals surface area contributed by atoms with E-state index in [1.54, 1.807) is 23.1 Å². The molecule has 0 atom stereocenters. The Morgan fingerprint density at radius 2 is 1.90 bits per heavy atom. The third-order valence-electron chi connectivity index (χ3n) is 4.21. The fourth-order valence-electron chi connectivity index (χ4n) is 2.74. The Hall–Kier alpha value is -2.23. The van der Waals surface area contributed by atoms with Crippen LogP contribution in [0.4, 0.5) is 4.39 Å². The van der Waals surface area contributed by atoms with E-state index in [1.165, 1.54) is 40.7 Å². The van der Waals surface area contributed by atoms with Gasteiger partial charge in [-0.2, -0.15) is 0 Å². The summed E-state index contributed by atoms with van der Waals surface area (Å²) in [6.45, 7) is 2.75. The minimum absolute atomic E-state index is 0.0638. The summed E-state index contributed by atoms with van der Waals surface area (Å²) in [5, 5.41) is 9.27. The van der Waals surface area contributed by atoms with Gasteiger partial charge in [0.05, 0.1) is 21.7 Å². The number of thioether (sulfide) groups is 2. The molecule has 0 saturated heterocycles. The van der Waals surface area contributed by atoms with Crippen LogP contribution in [0.2, 0.25) is 0 Å². The van der Waals surface area contributed by atoms with Crippen molar-refractivity contribution in [1.29, 1.82) is 0 Å². The second kappa shape index (κ2) is 9.06. The summed E-state index contributed by atoms with van der Waals surface area (Å²) >= 11 is 4.65. The summed E-state index contributed by atoms with van der Waals surface area (Å²) in [6.07, 6.45) is 0. The van der Waals surface area contributed by atoms with Crippen molar-refractivity contribution in [3.63, 3.8) is 0 Å². The van der Waals surface area contributed by atoms with Gasteiger partial charge in [0.25, 0.3) is 0 Å². The van der Waals surface area contributed by atoms with Crippen LogP contribution in [-0.2, 0) is 12.3 Å². The molecule has 0 N–H and O–H groups in total. The van der Waals surface area contributed by atoms with Crippen molar-refractivity contribution >= 4 is 50.9 Å². The smallest absolute Gasteiger partial charge is 0.191 e. The number of ketones is 1. The molecular weight excluding hydrogens is 427 g/mol. The summed E-state index contributed by atoms with van der Waals surface area (Å²) < 4.78 is 17.2.